The molecule has 24 heavy (non-hydrogen) atoms. The summed E-state index contributed by atoms with van der Waals surface area (Å²) in [5, 5.41) is 26.8. The van der Waals surface area contributed by atoms with Gasteiger partial charge < -0.3 is 15.1 Å². The molecule has 5 heteroatoms. The van der Waals surface area contributed by atoms with Gasteiger partial charge in [-0.05, 0) is 79.3 Å². The lowest BCUT2D eigenvalue weighted by atomic mass is 9.53. The minimum Gasteiger partial charge on any atom is -0.508 e. The summed E-state index contributed by atoms with van der Waals surface area (Å²) in [6, 6.07) is 5.63. The number of aryl methyl sites for hydroxylation is 1. The van der Waals surface area contributed by atoms with Crippen LogP contribution in [-0.2, 0) is 16.7 Å². The van der Waals surface area contributed by atoms with Crippen LogP contribution in [0.2, 0.25) is 0 Å². The zero-order chi connectivity index (χ0) is 17.2. The Morgan fingerprint density at radius 1 is 1.46 bits per heavy atom. The first-order valence-corrected chi connectivity index (χ1v) is 8.63. The maximum atomic E-state index is 10.7. The highest BCUT2D eigenvalue weighted by Gasteiger charge is 2.50. The van der Waals surface area contributed by atoms with Crippen LogP contribution in [-0.4, -0.2) is 29.1 Å². The highest BCUT2D eigenvalue weighted by atomic mass is 35.5. The molecule has 128 valence electrons. The number of rotatable bonds is 3. The molecule has 0 aromatic heterocycles. The van der Waals surface area contributed by atoms with Gasteiger partial charge in [0.05, 0.1) is 0 Å². The van der Waals surface area contributed by atoms with Gasteiger partial charge in [0.25, 0.3) is 0 Å². The summed E-state index contributed by atoms with van der Waals surface area (Å²) in [5.41, 5.74) is 1.32. The minimum atomic E-state index is -1.01. The average Bonchev–Trinajstić information content (AvgIpc) is 2.55. The maximum Gasteiger partial charge on any atom is 0.127 e. The molecule has 0 aliphatic heterocycles. The molecule has 0 amide bonds. The highest BCUT2D eigenvalue weighted by Crippen LogP contribution is 2.54. The van der Waals surface area contributed by atoms with E-state index in [1.165, 1.54) is 18.2 Å². The number of aromatic hydroxyl groups is 1. The number of phenols is 1. The molecule has 1 fully saturated rings. The summed E-state index contributed by atoms with van der Waals surface area (Å²) < 4.78 is 0. The summed E-state index contributed by atoms with van der Waals surface area (Å²) in [6.07, 6.45) is 6.37. The molecule has 4 nitrogen and oxygen atoms in total. The molecule has 0 saturated heterocycles. The second-order valence-electron chi connectivity index (χ2n) is 6.86. The van der Waals surface area contributed by atoms with Crippen molar-refractivity contribution in [3.8, 4) is 17.0 Å². The van der Waals surface area contributed by atoms with E-state index in [9.17, 15) is 10.2 Å². The lowest BCUT2D eigenvalue weighted by Gasteiger charge is -2.51. The molecule has 0 radical (unpaired) electrons. The number of hydrogen-bond acceptors (Lipinski definition) is 4. The summed E-state index contributed by atoms with van der Waals surface area (Å²) in [4.78, 5) is 4.84. The average molecular weight is 348 g/mol. The Balaban J connectivity index is 2.02. The topological polar surface area (TPSA) is 62.0 Å². The van der Waals surface area contributed by atoms with E-state index in [0.717, 1.165) is 25.7 Å². The van der Waals surface area contributed by atoms with Crippen molar-refractivity contribution in [1.82, 2.24) is 0 Å². The molecule has 2 aliphatic carbocycles. The zero-order valence-corrected chi connectivity index (χ0v) is 14.5. The molecule has 3 rings (SSSR count). The predicted molar refractivity (Wildman–Crippen MR) is 94.1 cm³/mol. The van der Waals surface area contributed by atoms with Crippen LogP contribution in [0.25, 0.3) is 0 Å². The maximum absolute atomic E-state index is 10.7. The highest BCUT2D eigenvalue weighted by molar-refractivity contribution is 6.30. The van der Waals surface area contributed by atoms with Crippen molar-refractivity contribution in [3.63, 3.8) is 0 Å². The van der Waals surface area contributed by atoms with Gasteiger partial charge in [-0.2, -0.15) is 0 Å². The summed E-state index contributed by atoms with van der Waals surface area (Å²) in [5.74, 6) is 3.37. The Morgan fingerprint density at radius 3 is 3.04 bits per heavy atom. The van der Waals surface area contributed by atoms with Gasteiger partial charge in [-0.3, -0.25) is 0 Å². The molecular weight excluding hydrogens is 326 g/mol. The Labute approximate surface area is 147 Å². The third-order valence-corrected chi connectivity index (χ3v) is 5.75. The quantitative estimate of drug-likeness (QED) is 0.501. The fraction of sp³-hybridized carbons (Fsp3) is 0.526. The normalized spacial score (nSPS) is 31.7. The van der Waals surface area contributed by atoms with Gasteiger partial charge in [0, 0.05) is 17.0 Å². The number of benzene rings is 1. The molecule has 2 N–H and O–H groups in total. The van der Waals surface area contributed by atoms with E-state index < -0.39 is 5.60 Å². The first kappa shape index (κ1) is 17.1. The largest absolute Gasteiger partial charge is 0.508 e. The van der Waals surface area contributed by atoms with Crippen molar-refractivity contribution < 1.29 is 15.1 Å². The van der Waals surface area contributed by atoms with Gasteiger partial charge in [0.15, 0.2) is 0 Å². The third-order valence-electron chi connectivity index (χ3n) is 5.65. The molecular formula is C19H22ClNO3. The number of nitrogens with zero attached hydrogens (tertiary/aromatic N) is 1. The van der Waals surface area contributed by atoms with E-state index in [-0.39, 0.29) is 11.3 Å². The van der Waals surface area contributed by atoms with Crippen molar-refractivity contribution in [2.45, 2.75) is 49.5 Å². The Bertz CT molecular complexity index is 708. The van der Waals surface area contributed by atoms with Crippen LogP contribution in [0.3, 0.4) is 0 Å². The van der Waals surface area contributed by atoms with Gasteiger partial charge >= 0.3 is 0 Å². The number of fused-ring (bicyclic) bond motifs is 3. The summed E-state index contributed by atoms with van der Waals surface area (Å²) in [7, 11) is 1.54. The number of oxime groups is 1. The molecule has 1 aromatic rings. The fourth-order valence-electron chi connectivity index (χ4n) is 4.53. The molecule has 3 atom stereocenters. The van der Waals surface area contributed by atoms with Gasteiger partial charge in [-0.15, -0.1) is 0 Å². The molecule has 0 bridgehead atoms. The van der Waals surface area contributed by atoms with Gasteiger partial charge in [0.2, 0.25) is 0 Å². The number of halogens is 1. The SMILES string of the molecule is CON=CC[C@@]12CC[C@](O)(C#CCl)C[C@H]1CCc1cc(O)ccc12. The monoisotopic (exact) mass is 347 g/mol. The third kappa shape index (κ3) is 2.99. The van der Waals surface area contributed by atoms with Crippen LogP contribution in [0.1, 0.15) is 43.2 Å². The Morgan fingerprint density at radius 2 is 2.29 bits per heavy atom. The van der Waals surface area contributed by atoms with Crippen molar-refractivity contribution in [2.24, 2.45) is 11.1 Å². The Hall–Kier alpha value is -1.70. The molecule has 1 aromatic carbocycles. The van der Waals surface area contributed by atoms with Crippen LogP contribution >= 0.6 is 11.6 Å². The van der Waals surface area contributed by atoms with E-state index in [1.54, 1.807) is 6.07 Å². The van der Waals surface area contributed by atoms with Crippen LogP contribution < -0.4 is 0 Å². The predicted octanol–water partition coefficient (Wildman–Crippen LogP) is 3.33. The van der Waals surface area contributed by atoms with E-state index in [1.807, 2.05) is 18.3 Å². The minimum absolute atomic E-state index is 0.108. The lowest BCUT2D eigenvalue weighted by molar-refractivity contribution is -0.00576. The van der Waals surface area contributed by atoms with Crippen molar-refractivity contribution >= 4 is 17.8 Å². The van der Waals surface area contributed by atoms with Gasteiger partial charge in [0.1, 0.15) is 18.5 Å². The van der Waals surface area contributed by atoms with E-state index in [0.29, 0.717) is 18.6 Å². The van der Waals surface area contributed by atoms with Gasteiger partial charge in [-0.1, -0.05) is 17.1 Å². The van der Waals surface area contributed by atoms with Crippen molar-refractivity contribution in [3.05, 3.63) is 29.3 Å². The fourth-order valence-corrected chi connectivity index (χ4v) is 4.71. The standard InChI is InChI=1S/C19H22ClNO3/c1-24-21-11-9-19-7-6-18(23,8-10-20)13-15(19)3-2-14-12-16(22)4-5-17(14)19/h4-5,11-12,15,22-23H,2-3,6-7,9,13H2,1H3/t15-,18+,19+/m1/s1. The molecule has 0 spiro atoms. The van der Waals surface area contributed by atoms with E-state index >= 15 is 0 Å². The molecule has 2 aliphatic rings. The summed E-state index contributed by atoms with van der Waals surface area (Å²) in [6.45, 7) is 0. The first-order valence-electron chi connectivity index (χ1n) is 8.25. The zero-order valence-electron chi connectivity index (χ0n) is 13.8. The van der Waals surface area contributed by atoms with Crippen LogP contribution in [0.4, 0.5) is 0 Å². The van der Waals surface area contributed by atoms with E-state index in [4.69, 9.17) is 16.4 Å². The van der Waals surface area contributed by atoms with Crippen LogP contribution in [0, 0.1) is 17.2 Å². The summed E-state index contributed by atoms with van der Waals surface area (Å²) >= 11 is 5.55. The lowest BCUT2D eigenvalue weighted by Crippen LogP contribution is -2.49. The second kappa shape index (κ2) is 6.66. The molecule has 1 saturated carbocycles. The smallest absolute Gasteiger partial charge is 0.127 e. The van der Waals surface area contributed by atoms with Gasteiger partial charge in [-0.25, -0.2) is 0 Å². The number of hydrogen-bond donors (Lipinski definition) is 2. The second-order valence-corrected chi connectivity index (χ2v) is 7.05. The first-order chi connectivity index (χ1) is 11.5. The molecule has 0 heterocycles. The molecule has 0 unspecified atom stereocenters. The van der Waals surface area contributed by atoms with Crippen LogP contribution in [0.15, 0.2) is 23.4 Å². The van der Waals surface area contributed by atoms with E-state index in [2.05, 4.69) is 16.5 Å². The van der Waals surface area contributed by atoms with Crippen LogP contribution in [0.5, 0.6) is 5.75 Å². The number of aliphatic hydroxyl groups is 1. The van der Waals surface area contributed by atoms with Crippen molar-refractivity contribution in [2.75, 3.05) is 7.11 Å². The van der Waals surface area contributed by atoms with Crippen molar-refractivity contribution in [1.29, 1.82) is 0 Å². The Kier molecular flexibility index (Phi) is 4.76. The number of phenolic OH excluding ortho intramolecular Hbond substituents is 1.